The summed E-state index contributed by atoms with van der Waals surface area (Å²) in [5.41, 5.74) is 4.67. The third kappa shape index (κ3) is 4.77. The Morgan fingerprint density at radius 3 is 1.43 bits per heavy atom. The maximum absolute atomic E-state index is 11.3. The Hall–Kier alpha value is -2.43. The van der Waals surface area contributed by atoms with Gasteiger partial charge in [-0.25, -0.2) is 0 Å². The molecule has 23 heavy (non-hydrogen) atoms. The van der Waals surface area contributed by atoms with E-state index in [9.17, 15) is 15.0 Å². The van der Waals surface area contributed by atoms with Gasteiger partial charge in [0.05, 0.1) is 11.7 Å². The molecule has 4 heteroatoms. The third-order valence-electron chi connectivity index (χ3n) is 3.53. The Bertz CT molecular complexity index is 606. The topological polar surface area (TPSA) is 88.0 Å². The second-order valence-electron chi connectivity index (χ2n) is 5.51. The maximum atomic E-state index is 11.3. The standard InChI is InChI=1S/C14H12O3.C5H11N/c15-13(16)14(17,11-7-3-1-4-8-11)12-9-5-2-6-10-12;1-4(2)5(3)6/h1-10,17H,(H,15,16);6H2,1-3H3. The average molecular weight is 313 g/mol. The average Bonchev–Trinajstić information content (AvgIpc) is 2.56. The van der Waals surface area contributed by atoms with Gasteiger partial charge in [0.1, 0.15) is 0 Å². The first-order valence-corrected chi connectivity index (χ1v) is 7.31. The molecule has 0 heterocycles. The summed E-state index contributed by atoms with van der Waals surface area (Å²) in [6.45, 7) is 6.12. The number of benzene rings is 2. The summed E-state index contributed by atoms with van der Waals surface area (Å²) in [5, 5.41) is 21.6. The van der Waals surface area contributed by atoms with Gasteiger partial charge in [0.25, 0.3) is 0 Å². The first-order chi connectivity index (χ1) is 10.8. The lowest BCUT2D eigenvalue weighted by molar-refractivity contribution is -0.322. The van der Waals surface area contributed by atoms with Gasteiger partial charge in [-0.05, 0) is 30.5 Å². The summed E-state index contributed by atoms with van der Waals surface area (Å²) >= 11 is 0. The zero-order valence-corrected chi connectivity index (χ0v) is 13.7. The van der Waals surface area contributed by atoms with Crippen LogP contribution in [0.3, 0.4) is 0 Å². The van der Waals surface area contributed by atoms with E-state index in [0.29, 0.717) is 0 Å². The van der Waals surface area contributed by atoms with Gasteiger partial charge in [-0.15, -0.1) is 0 Å². The molecule has 0 aromatic heterocycles. The molecule has 0 aliphatic heterocycles. The molecule has 2 rings (SSSR count). The molecule has 0 aliphatic carbocycles. The van der Waals surface area contributed by atoms with Crippen molar-refractivity contribution in [1.29, 1.82) is 0 Å². The van der Waals surface area contributed by atoms with Gasteiger partial charge in [-0.2, -0.15) is 0 Å². The molecule has 0 atom stereocenters. The Morgan fingerprint density at radius 2 is 1.22 bits per heavy atom. The fourth-order valence-corrected chi connectivity index (χ4v) is 1.76. The molecule has 0 spiro atoms. The number of carbonyl (C=O) groups excluding carboxylic acids is 1. The van der Waals surface area contributed by atoms with Crippen LogP contribution in [0.25, 0.3) is 0 Å². The molecule has 4 N–H and O–H groups in total. The molecule has 0 amide bonds. The van der Waals surface area contributed by atoms with Crippen LogP contribution < -0.4 is 10.8 Å². The molecule has 0 unspecified atom stereocenters. The van der Waals surface area contributed by atoms with E-state index in [2.05, 4.69) is 19.6 Å². The second-order valence-corrected chi connectivity index (χ2v) is 5.51. The van der Waals surface area contributed by atoms with Gasteiger partial charge in [0.15, 0.2) is 5.60 Å². The predicted molar refractivity (Wildman–Crippen MR) is 87.8 cm³/mol. The van der Waals surface area contributed by atoms with Crippen LogP contribution in [0.1, 0.15) is 31.9 Å². The molecule has 0 bridgehead atoms. The largest absolute Gasteiger partial charge is 0.546 e. The SMILES string of the molecule is CC(C)=C(C)[NH3+].O=C([O-])C(O)(c1ccccc1)c1ccccc1. The molecule has 122 valence electrons. The smallest absolute Gasteiger partial charge is 0.154 e. The zero-order valence-electron chi connectivity index (χ0n) is 13.7. The Morgan fingerprint density at radius 1 is 0.913 bits per heavy atom. The molecule has 2 aromatic rings. The quantitative estimate of drug-likeness (QED) is 0.893. The number of carboxylic acids is 1. The van der Waals surface area contributed by atoms with Crippen molar-refractivity contribution < 1.29 is 20.7 Å². The molecular weight excluding hydrogens is 290 g/mol. The van der Waals surface area contributed by atoms with Crippen molar-refractivity contribution in [1.82, 2.24) is 0 Å². The minimum atomic E-state index is -2.11. The van der Waals surface area contributed by atoms with Gasteiger partial charge in [0, 0.05) is 6.92 Å². The number of aliphatic carboxylic acids is 1. The summed E-state index contributed by atoms with van der Waals surface area (Å²) in [6.07, 6.45) is 0. The highest BCUT2D eigenvalue weighted by Crippen LogP contribution is 2.28. The number of carboxylic acid groups (broad SMARTS) is 1. The third-order valence-corrected chi connectivity index (χ3v) is 3.53. The molecule has 4 nitrogen and oxygen atoms in total. The number of aliphatic hydroxyl groups is 1. The first-order valence-electron chi connectivity index (χ1n) is 7.31. The van der Waals surface area contributed by atoms with E-state index in [-0.39, 0.29) is 11.1 Å². The lowest BCUT2D eigenvalue weighted by Gasteiger charge is -2.30. The molecule has 0 radical (unpaired) electrons. The van der Waals surface area contributed by atoms with Gasteiger partial charge in [-0.3, -0.25) is 0 Å². The molecule has 0 fully saturated rings. The van der Waals surface area contributed by atoms with E-state index >= 15 is 0 Å². The second kappa shape index (κ2) is 8.27. The fraction of sp³-hybridized carbons (Fsp3) is 0.211. The number of quaternary nitrogens is 1. The van der Waals surface area contributed by atoms with Gasteiger partial charge in [-0.1, -0.05) is 60.7 Å². The van der Waals surface area contributed by atoms with E-state index in [1.165, 1.54) is 11.3 Å². The highest BCUT2D eigenvalue weighted by molar-refractivity contribution is 5.81. The highest BCUT2D eigenvalue weighted by atomic mass is 16.4. The van der Waals surface area contributed by atoms with Crippen LogP contribution in [0.15, 0.2) is 71.9 Å². The van der Waals surface area contributed by atoms with Crippen LogP contribution in [0.4, 0.5) is 0 Å². The summed E-state index contributed by atoms with van der Waals surface area (Å²) < 4.78 is 0. The summed E-state index contributed by atoms with van der Waals surface area (Å²) in [5.74, 6) is -1.53. The Labute approximate surface area is 136 Å². The minimum Gasteiger partial charge on any atom is -0.546 e. The van der Waals surface area contributed by atoms with Crippen LogP contribution in [-0.4, -0.2) is 11.1 Å². The normalized spacial score (nSPS) is 10.3. The lowest BCUT2D eigenvalue weighted by atomic mass is 9.86. The van der Waals surface area contributed by atoms with Crippen LogP contribution in [-0.2, 0) is 10.4 Å². The lowest BCUT2D eigenvalue weighted by Crippen LogP contribution is -2.46. The number of allylic oxidation sites excluding steroid dienone is 2. The van der Waals surface area contributed by atoms with Crippen LogP contribution in [0.5, 0.6) is 0 Å². The number of carbonyl (C=O) groups is 1. The van der Waals surface area contributed by atoms with E-state index in [4.69, 9.17) is 0 Å². The molecular formula is C19H23NO3. The van der Waals surface area contributed by atoms with Crippen molar-refractivity contribution in [2.45, 2.75) is 26.4 Å². The first kappa shape index (κ1) is 18.6. The molecule has 0 saturated heterocycles. The van der Waals surface area contributed by atoms with Gasteiger partial charge in [0.2, 0.25) is 0 Å². The molecule has 0 aliphatic rings. The van der Waals surface area contributed by atoms with Crippen molar-refractivity contribution in [3.05, 3.63) is 83.1 Å². The number of rotatable bonds is 3. The Kier molecular flexibility index (Phi) is 6.69. The van der Waals surface area contributed by atoms with Gasteiger partial charge >= 0.3 is 0 Å². The van der Waals surface area contributed by atoms with Crippen molar-refractivity contribution >= 4 is 5.97 Å². The van der Waals surface area contributed by atoms with Crippen LogP contribution in [0, 0.1) is 0 Å². The summed E-state index contributed by atoms with van der Waals surface area (Å²) in [6, 6.07) is 16.4. The van der Waals surface area contributed by atoms with Crippen molar-refractivity contribution in [3.63, 3.8) is 0 Å². The molecule has 2 aromatic carbocycles. The molecule has 0 saturated carbocycles. The zero-order chi connectivity index (χ0) is 17.5. The minimum absolute atomic E-state index is 0.284. The highest BCUT2D eigenvalue weighted by Gasteiger charge is 2.32. The van der Waals surface area contributed by atoms with E-state index in [1.54, 1.807) is 60.7 Å². The monoisotopic (exact) mass is 313 g/mol. The fourth-order valence-electron chi connectivity index (χ4n) is 1.76. The number of hydrogen-bond donors (Lipinski definition) is 2. The van der Waals surface area contributed by atoms with Crippen molar-refractivity contribution in [3.8, 4) is 0 Å². The Balaban J connectivity index is 0.000000379. The summed E-state index contributed by atoms with van der Waals surface area (Å²) in [4.78, 5) is 11.3. The van der Waals surface area contributed by atoms with Crippen molar-refractivity contribution in [2.75, 3.05) is 0 Å². The number of hydrogen-bond acceptors (Lipinski definition) is 3. The predicted octanol–water partition coefficient (Wildman–Crippen LogP) is 1.21. The van der Waals surface area contributed by atoms with Crippen LogP contribution in [0.2, 0.25) is 0 Å². The van der Waals surface area contributed by atoms with Crippen LogP contribution >= 0.6 is 0 Å². The van der Waals surface area contributed by atoms with E-state index in [0.717, 1.165) is 0 Å². The van der Waals surface area contributed by atoms with E-state index in [1.807, 2.05) is 6.92 Å². The maximum Gasteiger partial charge on any atom is 0.154 e. The summed E-state index contributed by atoms with van der Waals surface area (Å²) in [7, 11) is 0. The van der Waals surface area contributed by atoms with Crippen molar-refractivity contribution in [2.24, 2.45) is 0 Å². The van der Waals surface area contributed by atoms with Gasteiger partial charge < -0.3 is 20.7 Å². The van der Waals surface area contributed by atoms with E-state index < -0.39 is 11.6 Å².